The van der Waals surface area contributed by atoms with Crippen LogP contribution in [0.1, 0.15) is 11.5 Å². The standard InChI is InChI=1S/C13H10ClOS.ClHO4/c1-7-5-11-10-6-9(14)3-4-12(10)16-13(11)8(2)15-7;2-1(3,4)5/h3-6H,1-2H3;(H,2,3,4,5)/q+1;/p-1. The molecule has 0 aliphatic carbocycles. The van der Waals surface area contributed by atoms with Gasteiger partial charge in [-0.15, -0.1) is 21.6 Å². The molecule has 0 atom stereocenters. The molecule has 0 saturated carbocycles. The molecule has 0 aliphatic rings. The van der Waals surface area contributed by atoms with Crippen LogP contribution in [0.25, 0.3) is 20.2 Å². The van der Waals surface area contributed by atoms with Gasteiger partial charge in [0.15, 0.2) is 0 Å². The Bertz CT molecular complexity index is 788. The Morgan fingerprint density at radius 3 is 2.29 bits per heavy atom. The Balaban J connectivity index is 0.000000282. The third-order valence-corrected chi connectivity index (χ3v) is 4.19. The lowest BCUT2D eigenvalue weighted by molar-refractivity contribution is -2.00. The number of hydrogen-bond acceptors (Lipinski definition) is 5. The van der Waals surface area contributed by atoms with E-state index in [1.165, 1.54) is 20.2 Å². The molecule has 0 N–H and O–H groups in total. The van der Waals surface area contributed by atoms with Gasteiger partial charge in [-0.3, -0.25) is 0 Å². The highest BCUT2D eigenvalue weighted by atomic mass is 35.7. The van der Waals surface area contributed by atoms with Crippen molar-refractivity contribution in [2.45, 2.75) is 13.8 Å². The van der Waals surface area contributed by atoms with Crippen LogP contribution < -0.4 is 18.6 Å². The SMILES string of the molecule is Cc1cc2c(sc3ccc(Cl)cc32)c(C)[o+]1.[O-][Cl+3]([O-])([O-])[O-]. The first kappa shape index (κ1) is 16.4. The summed E-state index contributed by atoms with van der Waals surface area (Å²) >= 11 is 7.79. The number of rotatable bonds is 0. The van der Waals surface area contributed by atoms with Gasteiger partial charge >= 0.3 is 11.5 Å². The van der Waals surface area contributed by atoms with Crippen LogP contribution in [0.5, 0.6) is 0 Å². The van der Waals surface area contributed by atoms with Crippen LogP contribution in [0.3, 0.4) is 0 Å². The van der Waals surface area contributed by atoms with Crippen LogP contribution in [-0.4, -0.2) is 0 Å². The van der Waals surface area contributed by atoms with Gasteiger partial charge in [0.05, 0.1) is 13.8 Å². The Hall–Kier alpha value is -0.990. The van der Waals surface area contributed by atoms with E-state index in [1.807, 2.05) is 26.0 Å². The van der Waals surface area contributed by atoms with Crippen LogP contribution in [0.4, 0.5) is 0 Å². The van der Waals surface area contributed by atoms with E-state index in [1.54, 1.807) is 11.3 Å². The van der Waals surface area contributed by atoms with Gasteiger partial charge in [-0.25, -0.2) is 23.1 Å². The van der Waals surface area contributed by atoms with Crippen molar-refractivity contribution in [2.24, 2.45) is 0 Å². The van der Waals surface area contributed by atoms with Gasteiger partial charge in [-0.2, -0.15) is 0 Å². The predicted molar refractivity (Wildman–Crippen MR) is 70.5 cm³/mol. The molecule has 0 amide bonds. The van der Waals surface area contributed by atoms with Gasteiger partial charge in [0.1, 0.15) is 4.70 Å². The lowest BCUT2D eigenvalue weighted by Gasteiger charge is -2.17. The Morgan fingerprint density at radius 1 is 1.05 bits per heavy atom. The largest absolute Gasteiger partial charge is 0.344 e. The molecule has 3 rings (SSSR count). The maximum absolute atomic E-state index is 8.49. The summed E-state index contributed by atoms with van der Waals surface area (Å²) < 4.78 is 42.1. The Labute approximate surface area is 131 Å². The number of benzene rings is 1. The van der Waals surface area contributed by atoms with Gasteiger partial charge < -0.3 is 0 Å². The fourth-order valence-electron chi connectivity index (χ4n) is 2.01. The molecule has 0 bridgehead atoms. The van der Waals surface area contributed by atoms with Crippen LogP contribution in [0.2, 0.25) is 5.02 Å². The summed E-state index contributed by atoms with van der Waals surface area (Å²) in [6, 6.07) is 8.10. The molecule has 21 heavy (non-hydrogen) atoms. The fraction of sp³-hybridized carbons (Fsp3) is 0.154. The maximum atomic E-state index is 8.49. The first-order chi connectivity index (χ1) is 9.65. The lowest BCUT2D eigenvalue weighted by Crippen LogP contribution is -2.68. The zero-order valence-corrected chi connectivity index (χ0v) is 13.3. The molecule has 0 saturated heterocycles. The Kier molecular flexibility index (Phi) is 4.69. The van der Waals surface area contributed by atoms with Crippen molar-refractivity contribution >= 4 is 43.1 Å². The quantitative estimate of drug-likeness (QED) is 0.548. The minimum Gasteiger partial charge on any atom is -0.222 e. The lowest BCUT2D eigenvalue weighted by atomic mass is 10.1. The smallest absolute Gasteiger partial charge is 0.222 e. The van der Waals surface area contributed by atoms with E-state index in [0.717, 1.165) is 16.5 Å². The average Bonchev–Trinajstić information content (AvgIpc) is 2.66. The molecular formula is C13H10Cl2O5S. The normalized spacial score (nSPS) is 11.6. The van der Waals surface area contributed by atoms with E-state index in [-0.39, 0.29) is 0 Å². The molecule has 3 aromatic rings. The predicted octanol–water partition coefficient (Wildman–Crippen LogP) is 0.443. The summed E-state index contributed by atoms with van der Waals surface area (Å²) in [6.45, 7) is 3.98. The summed E-state index contributed by atoms with van der Waals surface area (Å²) in [5.41, 5.74) is 0. The van der Waals surface area contributed by atoms with Crippen molar-refractivity contribution in [2.75, 3.05) is 0 Å². The molecule has 0 fully saturated rings. The molecule has 5 nitrogen and oxygen atoms in total. The second-order valence-corrected chi connectivity index (χ2v) is 6.52. The van der Waals surface area contributed by atoms with E-state index in [9.17, 15) is 0 Å². The molecule has 1 aromatic carbocycles. The van der Waals surface area contributed by atoms with Crippen molar-refractivity contribution in [1.29, 1.82) is 0 Å². The third kappa shape index (κ3) is 4.24. The Morgan fingerprint density at radius 2 is 1.67 bits per heavy atom. The van der Waals surface area contributed by atoms with Crippen LogP contribution in [0.15, 0.2) is 28.7 Å². The zero-order valence-electron chi connectivity index (χ0n) is 11.0. The summed E-state index contributed by atoms with van der Waals surface area (Å²) in [7, 11) is -4.94. The van der Waals surface area contributed by atoms with Gasteiger partial charge in [-0.1, -0.05) is 11.6 Å². The number of hydrogen-bond donors (Lipinski definition) is 0. The van der Waals surface area contributed by atoms with E-state index >= 15 is 0 Å². The number of aryl methyl sites for hydroxylation is 2. The highest BCUT2D eigenvalue weighted by Gasteiger charge is 2.16. The van der Waals surface area contributed by atoms with Crippen molar-refractivity contribution in [1.82, 2.24) is 0 Å². The van der Waals surface area contributed by atoms with Crippen molar-refractivity contribution in [3.8, 4) is 0 Å². The van der Waals surface area contributed by atoms with Crippen molar-refractivity contribution in [3.05, 3.63) is 40.8 Å². The highest BCUT2D eigenvalue weighted by molar-refractivity contribution is 7.26. The third-order valence-electron chi connectivity index (χ3n) is 2.67. The van der Waals surface area contributed by atoms with Gasteiger partial charge in [0.25, 0.3) is 0 Å². The summed E-state index contributed by atoms with van der Waals surface area (Å²) in [5.74, 6) is 1.91. The molecule has 2 heterocycles. The molecule has 0 spiro atoms. The molecule has 0 radical (unpaired) electrons. The molecule has 0 unspecified atom stereocenters. The topological polar surface area (TPSA) is 104 Å². The number of thiophene rings is 1. The van der Waals surface area contributed by atoms with Crippen LogP contribution >= 0.6 is 22.9 Å². The zero-order chi connectivity index (χ0) is 15.8. The summed E-state index contributed by atoms with van der Waals surface area (Å²) in [6.07, 6.45) is 0. The van der Waals surface area contributed by atoms with Crippen molar-refractivity contribution in [3.63, 3.8) is 0 Å². The second-order valence-electron chi connectivity index (χ2n) is 4.28. The molecule has 8 heteroatoms. The van der Waals surface area contributed by atoms with E-state index < -0.39 is 10.2 Å². The molecule has 0 aliphatic heterocycles. The molecular weight excluding hydrogens is 339 g/mol. The maximum Gasteiger partial charge on any atom is 0.344 e. The molecule has 112 valence electrons. The summed E-state index contributed by atoms with van der Waals surface area (Å²) in [5, 5.41) is 3.24. The number of fused-ring (bicyclic) bond motifs is 3. The monoisotopic (exact) mass is 348 g/mol. The van der Waals surface area contributed by atoms with Crippen LogP contribution in [-0.2, 0) is 0 Å². The summed E-state index contributed by atoms with van der Waals surface area (Å²) in [4.78, 5) is 0. The van der Waals surface area contributed by atoms with E-state index in [4.69, 9.17) is 34.7 Å². The fourth-order valence-corrected chi connectivity index (χ4v) is 3.29. The first-order valence-electron chi connectivity index (χ1n) is 5.69. The van der Waals surface area contributed by atoms with E-state index in [2.05, 4.69) is 12.1 Å². The van der Waals surface area contributed by atoms with Crippen molar-refractivity contribution < 1.29 is 33.3 Å². The minimum atomic E-state index is -4.94. The number of halogens is 2. The average molecular weight is 349 g/mol. The first-order valence-corrected chi connectivity index (χ1v) is 8.12. The van der Waals surface area contributed by atoms with Gasteiger partial charge in [0.2, 0.25) is 0 Å². The highest BCUT2D eigenvalue weighted by Crippen LogP contribution is 2.37. The minimum absolute atomic E-state index is 0.781. The second kappa shape index (κ2) is 6.02. The van der Waals surface area contributed by atoms with Gasteiger partial charge in [-0.05, 0) is 18.2 Å². The van der Waals surface area contributed by atoms with Crippen LogP contribution in [0, 0.1) is 24.1 Å². The van der Waals surface area contributed by atoms with E-state index in [0.29, 0.717) is 0 Å². The molecule has 2 aromatic heterocycles. The van der Waals surface area contributed by atoms with Gasteiger partial charge in [0, 0.05) is 26.6 Å².